The van der Waals surface area contributed by atoms with Gasteiger partial charge in [0.25, 0.3) is 5.56 Å². The predicted molar refractivity (Wildman–Crippen MR) is 144 cm³/mol. The zero-order valence-electron chi connectivity index (χ0n) is 22.7. The number of aromatic nitrogens is 3. The second-order valence-electron chi connectivity index (χ2n) is 8.48. The van der Waals surface area contributed by atoms with Crippen molar-refractivity contribution in [3.05, 3.63) is 75.5 Å². The molecule has 0 saturated heterocycles. The van der Waals surface area contributed by atoms with Crippen molar-refractivity contribution in [2.24, 2.45) is 0 Å². The Hall–Kier alpha value is -5.35. The molecule has 42 heavy (non-hydrogen) atoms. The van der Waals surface area contributed by atoms with Gasteiger partial charge >= 0.3 is 18.2 Å². The smallest absolute Gasteiger partial charge is 0.490 e. The number of benzene rings is 1. The van der Waals surface area contributed by atoms with E-state index in [1.54, 1.807) is 45.2 Å². The maximum Gasteiger partial charge on any atom is 0.490 e. The molecule has 0 fully saturated rings. The third kappa shape index (κ3) is 10.3. The highest BCUT2D eigenvalue weighted by molar-refractivity contribution is 5.76. The SMILES string of the molecule is COc1ccc(CNC(=O)NNc2ncc(C)n(CC(=O)NCc3ccc(N)nc3C)c2=O)cc1.O=C(O)C(F)(F)F. The second kappa shape index (κ2) is 14.9. The Bertz CT molecular complexity index is 1460. The standard InChI is InChI=1S/C23H28N8O4.C2HF3O2/c1-14-10-26-21(29-30-23(34)27-11-16-4-7-18(35-3)8-5-16)22(33)31(14)13-20(32)25-12-17-6-9-19(24)28-15(17)2;3-2(4,5)1(6)7/h4-10H,11-13H2,1-3H3,(H2,24,28)(H,25,32)(H,26,29)(H2,27,30,34);(H,6,7). The number of nitrogens with zero attached hydrogens (tertiary/aromatic N) is 3. The van der Waals surface area contributed by atoms with Crippen molar-refractivity contribution in [2.45, 2.75) is 39.7 Å². The van der Waals surface area contributed by atoms with Crippen LogP contribution in [0.25, 0.3) is 0 Å². The molecule has 2 aromatic heterocycles. The molecule has 0 bridgehead atoms. The van der Waals surface area contributed by atoms with E-state index in [9.17, 15) is 27.6 Å². The molecule has 0 aliphatic heterocycles. The Labute approximate surface area is 237 Å². The van der Waals surface area contributed by atoms with Gasteiger partial charge in [0.2, 0.25) is 11.7 Å². The summed E-state index contributed by atoms with van der Waals surface area (Å²) in [5, 5.41) is 12.5. The van der Waals surface area contributed by atoms with E-state index in [1.165, 1.54) is 10.8 Å². The monoisotopic (exact) mass is 594 g/mol. The van der Waals surface area contributed by atoms with Gasteiger partial charge in [0.05, 0.1) is 7.11 Å². The van der Waals surface area contributed by atoms with Crippen LogP contribution in [0.2, 0.25) is 0 Å². The number of urea groups is 1. The summed E-state index contributed by atoms with van der Waals surface area (Å²) < 4.78 is 38.1. The lowest BCUT2D eigenvalue weighted by atomic mass is 10.2. The molecule has 7 N–H and O–H groups in total. The lowest BCUT2D eigenvalue weighted by Crippen LogP contribution is -2.41. The lowest BCUT2D eigenvalue weighted by Gasteiger charge is -2.14. The minimum absolute atomic E-state index is 0.124. The summed E-state index contributed by atoms with van der Waals surface area (Å²) in [6.07, 6.45) is -3.65. The number of nitrogens with one attached hydrogen (secondary N) is 4. The zero-order valence-corrected chi connectivity index (χ0v) is 22.7. The number of carbonyl (C=O) groups excluding carboxylic acids is 2. The molecule has 3 amide bonds. The Morgan fingerprint density at radius 3 is 2.26 bits per heavy atom. The first-order valence-corrected chi connectivity index (χ1v) is 12.0. The van der Waals surface area contributed by atoms with Crippen LogP contribution in [0.3, 0.4) is 0 Å². The predicted octanol–water partition coefficient (Wildman–Crippen LogP) is 1.62. The van der Waals surface area contributed by atoms with Gasteiger partial charge in [-0.25, -0.2) is 19.6 Å². The summed E-state index contributed by atoms with van der Waals surface area (Å²) in [5.41, 5.74) is 12.9. The molecular formula is C25H29F3N8O6. The van der Waals surface area contributed by atoms with Crippen LogP contribution in [0.5, 0.6) is 5.75 Å². The molecule has 3 rings (SSSR count). The summed E-state index contributed by atoms with van der Waals surface area (Å²) >= 11 is 0. The minimum Gasteiger partial charge on any atom is -0.497 e. The molecule has 2 heterocycles. The largest absolute Gasteiger partial charge is 0.497 e. The van der Waals surface area contributed by atoms with Crippen molar-refractivity contribution < 1.29 is 37.4 Å². The number of halogens is 3. The molecule has 0 unspecified atom stereocenters. The van der Waals surface area contributed by atoms with E-state index in [0.29, 0.717) is 23.0 Å². The Balaban J connectivity index is 0.000000782. The van der Waals surface area contributed by atoms with Crippen LogP contribution in [0.15, 0.2) is 47.4 Å². The van der Waals surface area contributed by atoms with Gasteiger partial charge in [-0.1, -0.05) is 18.2 Å². The van der Waals surface area contributed by atoms with E-state index in [1.807, 2.05) is 12.1 Å². The topological polar surface area (TPSA) is 203 Å². The molecule has 0 radical (unpaired) electrons. The zero-order chi connectivity index (χ0) is 31.4. The van der Waals surface area contributed by atoms with Crippen molar-refractivity contribution in [3.63, 3.8) is 0 Å². The minimum atomic E-state index is -5.08. The maximum absolute atomic E-state index is 12.8. The summed E-state index contributed by atoms with van der Waals surface area (Å²) in [6.45, 7) is 3.76. The number of hydrogen-bond acceptors (Lipinski definition) is 9. The number of carboxylic acid groups (broad SMARTS) is 1. The molecule has 0 aliphatic rings. The molecule has 0 aliphatic carbocycles. The maximum atomic E-state index is 12.8. The van der Waals surface area contributed by atoms with E-state index in [-0.39, 0.29) is 31.4 Å². The number of nitrogen functional groups attached to an aromatic ring is 1. The van der Waals surface area contributed by atoms with Gasteiger partial charge in [-0.05, 0) is 43.2 Å². The summed E-state index contributed by atoms with van der Waals surface area (Å²) in [4.78, 5) is 54.4. The number of rotatable bonds is 9. The number of alkyl halides is 3. The van der Waals surface area contributed by atoms with Crippen LogP contribution in [-0.2, 0) is 29.2 Å². The van der Waals surface area contributed by atoms with Crippen LogP contribution >= 0.6 is 0 Å². The average molecular weight is 595 g/mol. The molecule has 0 atom stereocenters. The fourth-order valence-electron chi connectivity index (χ4n) is 3.13. The van der Waals surface area contributed by atoms with Gasteiger partial charge in [0.15, 0.2) is 0 Å². The average Bonchev–Trinajstić information content (AvgIpc) is 2.93. The van der Waals surface area contributed by atoms with E-state index >= 15 is 0 Å². The van der Waals surface area contributed by atoms with Crippen molar-refractivity contribution in [2.75, 3.05) is 18.3 Å². The highest BCUT2D eigenvalue weighted by atomic mass is 19.4. The number of hydrogen-bond donors (Lipinski definition) is 6. The number of hydrazine groups is 1. The van der Waals surface area contributed by atoms with Crippen molar-refractivity contribution in [1.29, 1.82) is 0 Å². The van der Waals surface area contributed by atoms with Crippen LogP contribution in [-0.4, -0.2) is 50.8 Å². The molecule has 3 aromatic rings. The van der Waals surface area contributed by atoms with Crippen molar-refractivity contribution >= 4 is 29.5 Å². The first kappa shape index (κ1) is 32.9. The van der Waals surface area contributed by atoms with Crippen molar-refractivity contribution in [1.82, 2.24) is 30.6 Å². The number of aliphatic carboxylic acids is 1. The Morgan fingerprint density at radius 2 is 1.69 bits per heavy atom. The van der Waals surface area contributed by atoms with E-state index in [2.05, 4.69) is 31.5 Å². The lowest BCUT2D eigenvalue weighted by molar-refractivity contribution is -0.192. The number of anilines is 2. The van der Waals surface area contributed by atoms with Gasteiger partial charge in [0, 0.05) is 30.7 Å². The molecule has 14 nitrogen and oxygen atoms in total. The number of nitrogens with two attached hydrogens (primary N) is 1. The number of amides is 3. The van der Waals surface area contributed by atoms with Gasteiger partial charge in [-0.2, -0.15) is 13.2 Å². The van der Waals surface area contributed by atoms with E-state index < -0.39 is 23.7 Å². The number of carbonyl (C=O) groups is 3. The van der Waals surface area contributed by atoms with Gasteiger partial charge in [-0.15, -0.1) is 0 Å². The number of pyridine rings is 1. The molecule has 1 aromatic carbocycles. The fraction of sp³-hybridized carbons (Fsp3) is 0.280. The first-order valence-electron chi connectivity index (χ1n) is 12.0. The third-order valence-electron chi connectivity index (χ3n) is 5.40. The third-order valence-corrected chi connectivity index (χ3v) is 5.40. The number of methoxy groups -OCH3 is 1. The number of ether oxygens (including phenoxy) is 1. The highest BCUT2D eigenvalue weighted by Crippen LogP contribution is 2.13. The molecular weight excluding hydrogens is 565 g/mol. The summed E-state index contributed by atoms with van der Waals surface area (Å²) in [7, 11) is 1.58. The van der Waals surface area contributed by atoms with Gasteiger partial charge in [-0.3, -0.25) is 25.0 Å². The molecule has 0 saturated carbocycles. The second-order valence-corrected chi connectivity index (χ2v) is 8.48. The van der Waals surface area contributed by atoms with Crippen LogP contribution < -0.4 is 37.5 Å². The van der Waals surface area contributed by atoms with Gasteiger partial charge in [0.1, 0.15) is 18.1 Å². The summed E-state index contributed by atoms with van der Waals surface area (Å²) in [6, 6.07) is 10.1. The number of aryl methyl sites for hydroxylation is 2. The van der Waals surface area contributed by atoms with Crippen LogP contribution in [0, 0.1) is 13.8 Å². The fourth-order valence-corrected chi connectivity index (χ4v) is 3.13. The first-order chi connectivity index (χ1) is 19.7. The molecule has 226 valence electrons. The molecule has 0 spiro atoms. The quantitative estimate of drug-likeness (QED) is 0.198. The van der Waals surface area contributed by atoms with E-state index in [0.717, 1.165) is 11.1 Å². The number of carboxylic acids is 1. The van der Waals surface area contributed by atoms with E-state index in [4.69, 9.17) is 20.4 Å². The van der Waals surface area contributed by atoms with Crippen LogP contribution in [0.4, 0.5) is 29.6 Å². The van der Waals surface area contributed by atoms with Crippen molar-refractivity contribution in [3.8, 4) is 5.75 Å². The molecule has 17 heteroatoms. The van der Waals surface area contributed by atoms with Crippen LogP contribution in [0.1, 0.15) is 22.5 Å². The highest BCUT2D eigenvalue weighted by Gasteiger charge is 2.38. The van der Waals surface area contributed by atoms with Gasteiger partial charge < -0.3 is 26.2 Å². The Morgan fingerprint density at radius 1 is 1.05 bits per heavy atom. The Kier molecular flexibility index (Phi) is 11.6. The summed E-state index contributed by atoms with van der Waals surface area (Å²) in [5.74, 6) is -2.13. The normalized spacial score (nSPS) is 10.5.